The summed E-state index contributed by atoms with van der Waals surface area (Å²) >= 11 is 0. The Morgan fingerprint density at radius 3 is 2.60 bits per heavy atom. The van der Waals surface area contributed by atoms with Gasteiger partial charge >= 0.3 is 12.1 Å². The van der Waals surface area contributed by atoms with Crippen LogP contribution in [0.25, 0.3) is 10.9 Å². The Hall–Kier alpha value is -3.96. The summed E-state index contributed by atoms with van der Waals surface area (Å²) in [6.07, 6.45) is 9.64. The Bertz CT molecular complexity index is 1630. The monoisotopic (exact) mass is 655 g/mol. The standard InChI is InChI=1S/C37H49N7O4/c1-26-22-29(23-30-25-38-40-34(26)30)27(2)48-36(47)44-20-13-32(43-19-10-28-8-4-5-9-33(28)39-35(43)46)24-37(44,14-21-45)42-17-11-31(12-18-42)41-15-6-3-7-16-41/h4-5,8-9,21-23,25,27,31-32H,3,6-7,10-20,24H2,1-2H3,(H,38,40)(H,39,46)/t27-,32-,37+/m1/s1. The van der Waals surface area contributed by atoms with Crippen LogP contribution in [0.2, 0.25) is 0 Å². The number of aldehydes is 1. The lowest BCUT2D eigenvalue weighted by molar-refractivity contribution is -0.129. The molecule has 3 atom stereocenters. The van der Waals surface area contributed by atoms with Gasteiger partial charge in [0.25, 0.3) is 0 Å². The molecule has 11 heteroatoms. The molecule has 0 unspecified atom stereocenters. The average molecular weight is 656 g/mol. The molecule has 0 radical (unpaired) electrons. The first-order valence-electron chi connectivity index (χ1n) is 17.9. The molecule has 0 spiro atoms. The van der Waals surface area contributed by atoms with Gasteiger partial charge in [-0.3, -0.25) is 14.9 Å². The number of nitrogens with zero attached hydrogens (tertiary/aromatic N) is 5. The molecule has 2 aromatic carbocycles. The van der Waals surface area contributed by atoms with Gasteiger partial charge in [-0.05, 0) is 94.3 Å². The van der Waals surface area contributed by atoms with Crippen molar-refractivity contribution in [3.8, 4) is 0 Å². The number of hydrogen-bond acceptors (Lipinski definition) is 7. The van der Waals surface area contributed by atoms with E-state index in [1.165, 1.54) is 19.3 Å². The topological polar surface area (TPSA) is 114 Å². The number of rotatable bonds is 7. The Morgan fingerprint density at radius 2 is 1.81 bits per heavy atom. The van der Waals surface area contributed by atoms with Gasteiger partial charge in [0, 0.05) is 62.2 Å². The van der Waals surface area contributed by atoms with Crippen molar-refractivity contribution in [2.75, 3.05) is 44.6 Å². The third kappa shape index (κ3) is 6.30. The first-order valence-corrected chi connectivity index (χ1v) is 17.9. The van der Waals surface area contributed by atoms with Crippen molar-refractivity contribution in [1.29, 1.82) is 0 Å². The number of carbonyl (C=O) groups is 3. The fourth-order valence-electron chi connectivity index (χ4n) is 8.81. The molecule has 3 amide bonds. The van der Waals surface area contributed by atoms with Gasteiger partial charge in [-0.15, -0.1) is 0 Å². The first kappa shape index (κ1) is 32.6. The Balaban J connectivity index is 1.15. The third-order valence-corrected chi connectivity index (χ3v) is 11.4. The second kappa shape index (κ2) is 13.9. The maximum Gasteiger partial charge on any atom is 0.411 e. The number of amides is 3. The molecule has 0 aliphatic carbocycles. The number of H-pyrrole nitrogens is 1. The number of urea groups is 1. The highest BCUT2D eigenvalue weighted by Gasteiger charge is 2.52. The zero-order valence-electron chi connectivity index (χ0n) is 28.3. The van der Waals surface area contributed by atoms with Crippen LogP contribution in [-0.2, 0) is 16.0 Å². The lowest BCUT2D eigenvalue weighted by atomic mass is 9.84. The molecule has 4 aliphatic heterocycles. The van der Waals surface area contributed by atoms with Gasteiger partial charge in [-0.1, -0.05) is 30.7 Å². The van der Waals surface area contributed by atoms with Crippen LogP contribution >= 0.6 is 0 Å². The van der Waals surface area contributed by atoms with E-state index >= 15 is 0 Å². The number of hydrogen-bond donors (Lipinski definition) is 2. The predicted molar refractivity (Wildman–Crippen MR) is 185 cm³/mol. The summed E-state index contributed by atoms with van der Waals surface area (Å²) in [5.74, 6) is 0. The summed E-state index contributed by atoms with van der Waals surface area (Å²) in [5, 5.41) is 11.3. The van der Waals surface area contributed by atoms with Crippen LogP contribution in [-0.4, -0.2) is 105 Å². The maximum atomic E-state index is 14.3. The minimum atomic E-state index is -0.891. The van der Waals surface area contributed by atoms with Crippen molar-refractivity contribution in [1.82, 2.24) is 29.8 Å². The SMILES string of the molecule is Cc1cc([C@@H](C)OC(=O)N2CC[C@@H](N3CCc4ccccc4NC3=O)C[C@@]2(CC=O)N2CCC(N3CCCCC3)CC2)cc2cn[nH]c12. The number of aryl methyl sites for hydroxylation is 1. The molecule has 3 aromatic rings. The van der Waals surface area contributed by atoms with Crippen molar-refractivity contribution in [2.45, 2.75) is 95.5 Å². The lowest BCUT2D eigenvalue weighted by Gasteiger charge is -2.57. The molecule has 1 aromatic heterocycles. The summed E-state index contributed by atoms with van der Waals surface area (Å²) in [7, 11) is 0. The molecule has 4 aliphatic rings. The summed E-state index contributed by atoms with van der Waals surface area (Å²) in [4.78, 5) is 49.4. The third-order valence-electron chi connectivity index (χ3n) is 11.4. The van der Waals surface area contributed by atoms with E-state index in [4.69, 9.17) is 4.74 Å². The number of para-hydroxylation sites is 1. The van der Waals surface area contributed by atoms with Crippen LogP contribution in [0.3, 0.4) is 0 Å². The molecule has 3 saturated heterocycles. The number of nitrogens with one attached hydrogen (secondary N) is 2. The second-order valence-corrected chi connectivity index (χ2v) is 14.2. The van der Waals surface area contributed by atoms with E-state index in [1.54, 1.807) is 6.20 Å². The van der Waals surface area contributed by atoms with Crippen molar-refractivity contribution in [2.24, 2.45) is 0 Å². The molecule has 5 heterocycles. The van der Waals surface area contributed by atoms with E-state index in [0.29, 0.717) is 32.0 Å². The van der Waals surface area contributed by atoms with E-state index in [1.807, 2.05) is 54.0 Å². The molecule has 2 N–H and O–H groups in total. The van der Waals surface area contributed by atoms with Crippen LogP contribution in [0, 0.1) is 6.92 Å². The highest BCUT2D eigenvalue weighted by Crippen LogP contribution is 2.40. The molecule has 0 saturated carbocycles. The minimum absolute atomic E-state index is 0.122. The molecular formula is C37H49N7O4. The maximum absolute atomic E-state index is 14.3. The highest BCUT2D eigenvalue weighted by molar-refractivity contribution is 5.91. The number of carbonyl (C=O) groups excluding carboxylic acids is 3. The van der Waals surface area contributed by atoms with Gasteiger partial charge in [-0.25, -0.2) is 9.59 Å². The number of likely N-dealkylation sites (tertiary alicyclic amines) is 3. The summed E-state index contributed by atoms with van der Waals surface area (Å²) in [6.45, 7) is 8.77. The zero-order valence-corrected chi connectivity index (χ0v) is 28.3. The van der Waals surface area contributed by atoms with Gasteiger partial charge in [-0.2, -0.15) is 5.10 Å². The number of aromatic nitrogens is 2. The van der Waals surface area contributed by atoms with Gasteiger partial charge in [0.1, 0.15) is 18.1 Å². The highest BCUT2D eigenvalue weighted by atomic mass is 16.6. The van der Waals surface area contributed by atoms with Crippen LogP contribution in [0.15, 0.2) is 42.6 Å². The van der Waals surface area contributed by atoms with Crippen molar-refractivity contribution in [3.63, 3.8) is 0 Å². The predicted octanol–water partition coefficient (Wildman–Crippen LogP) is 5.86. The fraction of sp³-hybridized carbons (Fsp3) is 0.568. The van der Waals surface area contributed by atoms with Crippen LogP contribution in [0.4, 0.5) is 15.3 Å². The molecule has 11 nitrogen and oxygen atoms in total. The second-order valence-electron chi connectivity index (χ2n) is 14.2. The number of anilines is 1. The van der Waals surface area contributed by atoms with E-state index in [0.717, 1.165) is 85.0 Å². The smallest absolute Gasteiger partial charge is 0.411 e. The Kier molecular flexibility index (Phi) is 9.42. The summed E-state index contributed by atoms with van der Waals surface area (Å²) in [6, 6.07) is 12.3. The summed E-state index contributed by atoms with van der Waals surface area (Å²) in [5.41, 5.74) is 3.98. The molecule has 7 rings (SSSR count). The largest absolute Gasteiger partial charge is 0.441 e. The first-order chi connectivity index (χ1) is 23.4. The zero-order chi connectivity index (χ0) is 33.3. The van der Waals surface area contributed by atoms with Gasteiger partial charge < -0.3 is 24.6 Å². The van der Waals surface area contributed by atoms with E-state index < -0.39 is 17.9 Å². The van der Waals surface area contributed by atoms with Gasteiger partial charge in [0.2, 0.25) is 0 Å². The molecule has 48 heavy (non-hydrogen) atoms. The molecular weight excluding hydrogens is 606 g/mol. The molecule has 3 fully saturated rings. The summed E-state index contributed by atoms with van der Waals surface area (Å²) < 4.78 is 6.24. The van der Waals surface area contributed by atoms with Crippen molar-refractivity contribution >= 4 is 35.0 Å². The number of fused-ring (bicyclic) bond motifs is 2. The van der Waals surface area contributed by atoms with Gasteiger partial charge in [0.05, 0.1) is 11.7 Å². The number of piperidine rings is 3. The van der Waals surface area contributed by atoms with E-state index in [2.05, 4.69) is 31.4 Å². The number of aromatic amines is 1. The average Bonchev–Trinajstić information content (AvgIpc) is 3.52. The number of benzene rings is 2. The fourth-order valence-corrected chi connectivity index (χ4v) is 8.81. The Labute approximate surface area is 282 Å². The number of ether oxygens (including phenoxy) is 1. The van der Waals surface area contributed by atoms with Gasteiger partial charge in [0.15, 0.2) is 0 Å². The minimum Gasteiger partial charge on any atom is -0.441 e. The van der Waals surface area contributed by atoms with Crippen LogP contribution in [0.5, 0.6) is 0 Å². The van der Waals surface area contributed by atoms with E-state index in [9.17, 15) is 14.4 Å². The van der Waals surface area contributed by atoms with E-state index in [-0.39, 0.29) is 18.5 Å². The van der Waals surface area contributed by atoms with Crippen molar-refractivity contribution < 1.29 is 19.1 Å². The van der Waals surface area contributed by atoms with Crippen molar-refractivity contribution in [3.05, 3.63) is 59.3 Å². The van der Waals surface area contributed by atoms with Crippen LogP contribution in [0.1, 0.15) is 81.1 Å². The quantitative estimate of drug-likeness (QED) is 0.307. The Morgan fingerprint density at radius 1 is 1.04 bits per heavy atom. The molecule has 0 bridgehead atoms. The van der Waals surface area contributed by atoms with Crippen LogP contribution < -0.4 is 5.32 Å². The normalized spacial score (nSPS) is 25.3. The molecule has 256 valence electrons. The lowest BCUT2D eigenvalue weighted by Crippen LogP contribution is -2.70.